The Kier molecular flexibility index (Phi) is 7.38. The number of guanidine groups is 1. The van der Waals surface area contributed by atoms with E-state index in [1.165, 1.54) is 0 Å². The normalized spacial score (nSPS) is 15.2. The van der Waals surface area contributed by atoms with E-state index in [9.17, 15) is 4.79 Å². The van der Waals surface area contributed by atoms with Crippen molar-refractivity contribution >= 4 is 52.9 Å². The van der Waals surface area contributed by atoms with E-state index in [4.69, 9.17) is 0 Å². The van der Waals surface area contributed by atoms with Crippen LogP contribution in [0.1, 0.15) is 10.7 Å². The number of aliphatic imine (C=N–C) groups is 1. The molecule has 0 bridgehead atoms. The number of nitrogens with one attached hydrogen (secondary N) is 1. The quantitative estimate of drug-likeness (QED) is 0.398. The summed E-state index contributed by atoms with van der Waals surface area (Å²) in [5.74, 6) is 0.809. The van der Waals surface area contributed by atoms with E-state index in [1.54, 1.807) is 34.2 Å². The molecule has 8 nitrogen and oxygen atoms in total. The van der Waals surface area contributed by atoms with Gasteiger partial charge in [0.05, 0.1) is 22.6 Å². The summed E-state index contributed by atoms with van der Waals surface area (Å²) in [5, 5.41) is 10.6. The molecule has 1 N–H and O–H groups in total. The molecule has 0 saturated carbocycles. The second kappa shape index (κ2) is 9.31. The summed E-state index contributed by atoms with van der Waals surface area (Å²) in [7, 11) is 3.59. The summed E-state index contributed by atoms with van der Waals surface area (Å²) in [6, 6.07) is 0. The molecule has 1 saturated heterocycles. The summed E-state index contributed by atoms with van der Waals surface area (Å²) < 4.78 is 1.70. The Morgan fingerprint density at radius 3 is 2.81 bits per heavy atom. The standard InChI is InChI=1S/C16H23N7OS.HI/c1-12-20-13(11-25-12)4-5-18-16(17-2)22-6-7-23(15(24)10-22)14-8-19-21(3)9-14;/h8-9,11H,4-7,10H2,1-3H3,(H,17,18);1H. The molecule has 0 aliphatic carbocycles. The van der Waals surface area contributed by atoms with Gasteiger partial charge in [0, 0.05) is 51.7 Å². The van der Waals surface area contributed by atoms with Crippen LogP contribution in [0.2, 0.25) is 0 Å². The number of carbonyl (C=O) groups excluding carboxylic acids is 1. The summed E-state index contributed by atoms with van der Waals surface area (Å²) >= 11 is 1.66. The van der Waals surface area contributed by atoms with Crippen LogP contribution in [-0.2, 0) is 18.3 Å². The minimum absolute atomic E-state index is 0. The van der Waals surface area contributed by atoms with Crippen molar-refractivity contribution in [1.29, 1.82) is 0 Å². The lowest BCUT2D eigenvalue weighted by atomic mass is 10.3. The fourth-order valence-electron chi connectivity index (χ4n) is 2.83. The number of halogens is 1. The molecule has 3 rings (SSSR count). The average molecular weight is 489 g/mol. The lowest BCUT2D eigenvalue weighted by Gasteiger charge is -2.35. The third kappa shape index (κ3) is 4.93. The molecule has 3 heterocycles. The number of carbonyl (C=O) groups is 1. The maximum absolute atomic E-state index is 12.5. The van der Waals surface area contributed by atoms with Gasteiger partial charge in [0.25, 0.3) is 0 Å². The minimum atomic E-state index is 0. The number of aromatic nitrogens is 3. The summed E-state index contributed by atoms with van der Waals surface area (Å²) in [4.78, 5) is 25.0. The van der Waals surface area contributed by atoms with Crippen molar-refractivity contribution in [3.63, 3.8) is 0 Å². The number of anilines is 1. The fraction of sp³-hybridized carbons (Fsp3) is 0.500. The zero-order valence-corrected chi connectivity index (χ0v) is 18.3. The smallest absolute Gasteiger partial charge is 0.246 e. The first-order valence-corrected chi connectivity index (χ1v) is 9.10. The van der Waals surface area contributed by atoms with Crippen molar-refractivity contribution in [2.24, 2.45) is 12.0 Å². The molecule has 0 spiro atoms. The number of piperazine rings is 1. The Morgan fingerprint density at radius 2 is 2.23 bits per heavy atom. The molecule has 0 radical (unpaired) electrons. The predicted octanol–water partition coefficient (Wildman–Crippen LogP) is 1.27. The number of amides is 1. The molecule has 1 aliphatic heterocycles. The number of rotatable bonds is 4. The lowest BCUT2D eigenvalue weighted by Crippen LogP contribution is -2.55. The third-order valence-corrected chi connectivity index (χ3v) is 4.89. The Bertz CT molecular complexity index is 772. The van der Waals surface area contributed by atoms with Crippen LogP contribution in [0, 0.1) is 6.92 Å². The van der Waals surface area contributed by atoms with Crippen LogP contribution >= 0.6 is 35.3 Å². The molecule has 10 heteroatoms. The monoisotopic (exact) mass is 489 g/mol. The van der Waals surface area contributed by atoms with E-state index in [0.717, 1.165) is 41.9 Å². The van der Waals surface area contributed by atoms with E-state index in [1.807, 2.05) is 25.1 Å². The number of thiazole rings is 1. The highest BCUT2D eigenvalue weighted by Crippen LogP contribution is 2.16. The average Bonchev–Trinajstić information content (AvgIpc) is 3.20. The molecule has 1 fully saturated rings. The maximum Gasteiger partial charge on any atom is 0.246 e. The van der Waals surface area contributed by atoms with Gasteiger partial charge in [-0.1, -0.05) is 0 Å². The van der Waals surface area contributed by atoms with Gasteiger partial charge in [0.1, 0.15) is 6.54 Å². The largest absolute Gasteiger partial charge is 0.356 e. The van der Waals surface area contributed by atoms with E-state index >= 15 is 0 Å². The Hall–Kier alpha value is -1.69. The molecular formula is C16H24IN7OS. The van der Waals surface area contributed by atoms with Crippen LogP contribution in [0.25, 0.3) is 0 Å². The van der Waals surface area contributed by atoms with Gasteiger partial charge in [-0.2, -0.15) is 5.10 Å². The van der Waals surface area contributed by atoms with Gasteiger partial charge in [0.2, 0.25) is 5.91 Å². The molecule has 1 amide bonds. The van der Waals surface area contributed by atoms with Crippen molar-refractivity contribution < 1.29 is 4.79 Å². The fourth-order valence-corrected chi connectivity index (χ4v) is 3.48. The zero-order chi connectivity index (χ0) is 17.8. The first-order valence-electron chi connectivity index (χ1n) is 8.22. The Balaban J connectivity index is 0.00000243. The van der Waals surface area contributed by atoms with Crippen LogP contribution in [0.15, 0.2) is 22.8 Å². The highest BCUT2D eigenvalue weighted by atomic mass is 127. The molecule has 0 unspecified atom stereocenters. The second-order valence-electron chi connectivity index (χ2n) is 5.92. The summed E-state index contributed by atoms with van der Waals surface area (Å²) in [6.07, 6.45) is 4.42. The topological polar surface area (TPSA) is 78.7 Å². The van der Waals surface area contributed by atoms with Gasteiger partial charge in [-0.05, 0) is 6.92 Å². The van der Waals surface area contributed by atoms with Crippen molar-refractivity contribution in [3.8, 4) is 0 Å². The van der Waals surface area contributed by atoms with Gasteiger partial charge < -0.3 is 15.1 Å². The number of hydrogen-bond acceptors (Lipinski definition) is 5. The van der Waals surface area contributed by atoms with Gasteiger partial charge in [-0.25, -0.2) is 4.98 Å². The van der Waals surface area contributed by atoms with Crippen LogP contribution in [0.3, 0.4) is 0 Å². The molecule has 0 aromatic carbocycles. The summed E-state index contributed by atoms with van der Waals surface area (Å²) in [6.45, 7) is 4.41. The van der Waals surface area contributed by atoms with Gasteiger partial charge in [0.15, 0.2) is 5.96 Å². The Labute approximate surface area is 174 Å². The first kappa shape index (κ1) is 20.6. The zero-order valence-electron chi connectivity index (χ0n) is 15.2. The van der Waals surface area contributed by atoms with Gasteiger partial charge >= 0.3 is 0 Å². The lowest BCUT2D eigenvalue weighted by molar-refractivity contribution is -0.120. The number of aryl methyl sites for hydroxylation is 2. The van der Waals surface area contributed by atoms with Crippen molar-refractivity contribution in [2.75, 3.05) is 38.1 Å². The van der Waals surface area contributed by atoms with Crippen LogP contribution in [0.4, 0.5) is 5.69 Å². The van der Waals surface area contributed by atoms with Crippen molar-refractivity contribution in [1.82, 2.24) is 25.0 Å². The van der Waals surface area contributed by atoms with Crippen LogP contribution < -0.4 is 10.2 Å². The van der Waals surface area contributed by atoms with Crippen LogP contribution in [0.5, 0.6) is 0 Å². The van der Waals surface area contributed by atoms with Crippen LogP contribution in [-0.4, -0.2) is 64.8 Å². The van der Waals surface area contributed by atoms with E-state index in [2.05, 4.69) is 25.8 Å². The second-order valence-corrected chi connectivity index (χ2v) is 6.98. The molecule has 1 aliphatic rings. The van der Waals surface area contributed by atoms with Gasteiger partial charge in [-0.15, -0.1) is 35.3 Å². The van der Waals surface area contributed by atoms with Gasteiger partial charge in [-0.3, -0.25) is 14.5 Å². The van der Waals surface area contributed by atoms with Crippen molar-refractivity contribution in [3.05, 3.63) is 28.5 Å². The molecule has 142 valence electrons. The molecule has 2 aromatic rings. The third-order valence-electron chi connectivity index (χ3n) is 4.07. The number of nitrogens with zero attached hydrogens (tertiary/aromatic N) is 6. The van der Waals surface area contributed by atoms with E-state index < -0.39 is 0 Å². The highest BCUT2D eigenvalue weighted by molar-refractivity contribution is 14.0. The van der Waals surface area contributed by atoms with Crippen molar-refractivity contribution in [2.45, 2.75) is 13.3 Å². The molecule has 26 heavy (non-hydrogen) atoms. The molecule has 2 aromatic heterocycles. The number of hydrogen-bond donors (Lipinski definition) is 1. The highest BCUT2D eigenvalue weighted by Gasteiger charge is 2.27. The minimum Gasteiger partial charge on any atom is -0.356 e. The Morgan fingerprint density at radius 1 is 1.42 bits per heavy atom. The first-order chi connectivity index (χ1) is 12.1. The SMILES string of the molecule is CN=C(NCCc1csc(C)n1)N1CCN(c2cnn(C)c2)C(=O)C1.I. The molecule has 0 atom stereocenters. The van der Waals surface area contributed by atoms with E-state index in [0.29, 0.717) is 13.1 Å². The maximum atomic E-state index is 12.5. The molecular weight excluding hydrogens is 465 g/mol. The van der Waals surface area contributed by atoms with E-state index in [-0.39, 0.29) is 29.9 Å². The summed E-state index contributed by atoms with van der Waals surface area (Å²) in [5.41, 5.74) is 1.93. The predicted molar refractivity (Wildman–Crippen MR) is 114 cm³/mol.